The van der Waals surface area contributed by atoms with Crippen molar-refractivity contribution in [2.24, 2.45) is 0 Å². The molecule has 1 N–H and O–H groups in total. The van der Waals surface area contributed by atoms with Crippen molar-refractivity contribution in [2.75, 3.05) is 25.6 Å². The quantitative estimate of drug-likeness (QED) is 0.768. The molecule has 0 amide bonds. The number of hydrogen-bond donors (Lipinski definition) is 1. The molecular formula is C11H13N3O. The van der Waals surface area contributed by atoms with Crippen molar-refractivity contribution in [3.8, 4) is 0 Å². The number of methoxy groups -OCH3 is 1. The molecule has 0 spiro atoms. The fourth-order valence-corrected chi connectivity index (χ4v) is 1.44. The lowest BCUT2D eigenvalue weighted by Crippen LogP contribution is -2.08. The van der Waals surface area contributed by atoms with Crippen molar-refractivity contribution in [3.05, 3.63) is 30.5 Å². The lowest BCUT2D eigenvalue weighted by Gasteiger charge is -2.07. The van der Waals surface area contributed by atoms with E-state index in [9.17, 15) is 0 Å². The van der Waals surface area contributed by atoms with Gasteiger partial charge in [0.15, 0.2) is 0 Å². The number of ether oxygens (including phenoxy) is 1. The van der Waals surface area contributed by atoms with E-state index in [0.717, 1.165) is 23.1 Å². The standard InChI is InChI=1S/C11H13N3O/c1-15-7-6-12-11-8-13-14-10-5-3-2-4-9(10)11/h2-5,8H,6-7H2,1H3,(H,12,14). The van der Waals surface area contributed by atoms with E-state index in [4.69, 9.17) is 4.74 Å². The highest BCUT2D eigenvalue weighted by Crippen LogP contribution is 2.19. The van der Waals surface area contributed by atoms with E-state index in [0.29, 0.717) is 6.61 Å². The van der Waals surface area contributed by atoms with Crippen LogP contribution < -0.4 is 5.32 Å². The summed E-state index contributed by atoms with van der Waals surface area (Å²) in [4.78, 5) is 0. The molecule has 2 rings (SSSR count). The molecule has 0 saturated carbocycles. The molecule has 1 aromatic heterocycles. The highest BCUT2D eigenvalue weighted by molar-refractivity contribution is 5.90. The number of rotatable bonds is 4. The smallest absolute Gasteiger partial charge is 0.0950 e. The zero-order chi connectivity index (χ0) is 10.5. The Hall–Kier alpha value is -1.68. The molecule has 0 atom stereocenters. The van der Waals surface area contributed by atoms with E-state index in [2.05, 4.69) is 15.5 Å². The molecule has 4 heteroatoms. The Morgan fingerprint density at radius 3 is 3.07 bits per heavy atom. The number of nitrogens with zero attached hydrogens (tertiary/aromatic N) is 2. The van der Waals surface area contributed by atoms with Crippen molar-refractivity contribution in [2.45, 2.75) is 0 Å². The van der Waals surface area contributed by atoms with Crippen molar-refractivity contribution in [1.82, 2.24) is 10.2 Å². The number of anilines is 1. The second kappa shape index (κ2) is 4.70. The molecule has 0 radical (unpaired) electrons. The molecular weight excluding hydrogens is 190 g/mol. The topological polar surface area (TPSA) is 47.0 Å². The van der Waals surface area contributed by atoms with Crippen LogP contribution in [0.15, 0.2) is 30.5 Å². The van der Waals surface area contributed by atoms with Gasteiger partial charge in [0.25, 0.3) is 0 Å². The monoisotopic (exact) mass is 203 g/mol. The summed E-state index contributed by atoms with van der Waals surface area (Å²) in [5.41, 5.74) is 1.90. The van der Waals surface area contributed by atoms with Gasteiger partial charge in [0, 0.05) is 19.0 Å². The fourth-order valence-electron chi connectivity index (χ4n) is 1.44. The Labute approximate surface area is 88.3 Å². The second-order valence-electron chi connectivity index (χ2n) is 3.19. The van der Waals surface area contributed by atoms with Crippen LogP contribution in [0.5, 0.6) is 0 Å². The van der Waals surface area contributed by atoms with Gasteiger partial charge in [0.05, 0.1) is 24.0 Å². The number of fused-ring (bicyclic) bond motifs is 1. The number of benzene rings is 1. The van der Waals surface area contributed by atoms with E-state index in [1.807, 2.05) is 24.3 Å². The maximum absolute atomic E-state index is 4.98. The average molecular weight is 203 g/mol. The minimum Gasteiger partial charge on any atom is -0.383 e. The van der Waals surface area contributed by atoms with Crippen LogP contribution in [0.2, 0.25) is 0 Å². The average Bonchev–Trinajstić information content (AvgIpc) is 2.30. The first kappa shape index (κ1) is 9.86. The van der Waals surface area contributed by atoms with Gasteiger partial charge in [0.1, 0.15) is 0 Å². The Balaban J connectivity index is 2.26. The minimum absolute atomic E-state index is 0.677. The van der Waals surface area contributed by atoms with E-state index in [1.54, 1.807) is 13.3 Å². The van der Waals surface area contributed by atoms with Crippen LogP contribution in [0.4, 0.5) is 5.69 Å². The molecule has 0 saturated heterocycles. The highest BCUT2D eigenvalue weighted by atomic mass is 16.5. The Morgan fingerprint density at radius 2 is 2.20 bits per heavy atom. The van der Waals surface area contributed by atoms with Crippen molar-refractivity contribution < 1.29 is 4.74 Å². The number of nitrogens with one attached hydrogen (secondary N) is 1. The van der Waals surface area contributed by atoms with E-state index >= 15 is 0 Å². The summed E-state index contributed by atoms with van der Waals surface area (Å²) in [6, 6.07) is 7.92. The van der Waals surface area contributed by atoms with Crippen LogP contribution in [0, 0.1) is 0 Å². The van der Waals surface area contributed by atoms with E-state index in [-0.39, 0.29) is 0 Å². The van der Waals surface area contributed by atoms with Crippen LogP contribution in [-0.2, 0) is 4.74 Å². The van der Waals surface area contributed by atoms with Gasteiger partial charge >= 0.3 is 0 Å². The molecule has 0 aliphatic carbocycles. The van der Waals surface area contributed by atoms with Crippen molar-refractivity contribution in [1.29, 1.82) is 0 Å². The molecule has 0 bridgehead atoms. The summed E-state index contributed by atoms with van der Waals surface area (Å²) in [5.74, 6) is 0. The van der Waals surface area contributed by atoms with Gasteiger partial charge in [-0.15, -0.1) is 0 Å². The normalized spacial score (nSPS) is 10.5. The fraction of sp³-hybridized carbons (Fsp3) is 0.273. The van der Waals surface area contributed by atoms with Crippen LogP contribution in [0.3, 0.4) is 0 Å². The first-order valence-corrected chi connectivity index (χ1v) is 4.85. The lowest BCUT2D eigenvalue weighted by atomic mass is 10.2. The van der Waals surface area contributed by atoms with Gasteiger partial charge in [-0.1, -0.05) is 18.2 Å². The second-order valence-corrected chi connectivity index (χ2v) is 3.19. The Bertz CT molecular complexity index is 439. The van der Waals surface area contributed by atoms with Crippen molar-refractivity contribution in [3.63, 3.8) is 0 Å². The first-order chi connectivity index (χ1) is 7.42. The summed E-state index contributed by atoms with van der Waals surface area (Å²) in [5, 5.41) is 12.3. The minimum atomic E-state index is 0.677. The van der Waals surface area contributed by atoms with Crippen LogP contribution >= 0.6 is 0 Å². The molecule has 4 nitrogen and oxygen atoms in total. The van der Waals surface area contributed by atoms with Crippen LogP contribution in [-0.4, -0.2) is 30.5 Å². The molecule has 15 heavy (non-hydrogen) atoms. The Morgan fingerprint density at radius 1 is 1.33 bits per heavy atom. The molecule has 0 unspecified atom stereocenters. The molecule has 2 aromatic rings. The predicted molar refractivity (Wildman–Crippen MR) is 59.9 cm³/mol. The molecule has 0 aliphatic rings. The zero-order valence-electron chi connectivity index (χ0n) is 8.60. The summed E-state index contributed by atoms with van der Waals surface area (Å²) in [7, 11) is 1.69. The van der Waals surface area contributed by atoms with Gasteiger partial charge in [-0.3, -0.25) is 0 Å². The molecule has 1 heterocycles. The number of hydrogen-bond acceptors (Lipinski definition) is 4. The van der Waals surface area contributed by atoms with Gasteiger partial charge < -0.3 is 10.1 Å². The number of aromatic nitrogens is 2. The zero-order valence-corrected chi connectivity index (χ0v) is 8.60. The summed E-state index contributed by atoms with van der Waals surface area (Å²) < 4.78 is 4.98. The summed E-state index contributed by atoms with van der Waals surface area (Å²) in [6.07, 6.45) is 1.73. The molecule has 1 aromatic carbocycles. The van der Waals surface area contributed by atoms with E-state index in [1.165, 1.54) is 0 Å². The molecule has 78 valence electrons. The first-order valence-electron chi connectivity index (χ1n) is 4.85. The van der Waals surface area contributed by atoms with Gasteiger partial charge in [-0.2, -0.15) is 10.2 Å². The van der Waals surface area contributed by atoms with Crippen molar-refractivity contribution >= 4 is 16.6 Å². The van der Waals surface area contributed by atoms with E-state index < -0.39 is 0 Å². The third kappa shape index (κ3) is 2.22. The molecule has 0 fully saturated rings. The van der Waals surface area contributed by atoms with Gasteiger partial charge in [-0.05, 0) is 6.07 Å². The SMILES string of the molecule is COCCNc1cnnc2ccccc12. The highest BCUT2D eigenvalue weighted by Gasteiger charge is 2.00. The predicted octanol–water partition coefficient (Wildman–Crippen LogP) is 1.69. The van der Waals surface area contributed by atoms with Crippen LogP contribution in [0.25, 0.3) is 10.9 Å². The maximum Gasteiger partial charge on any atom is 0.0950 e. The molecule has 0 aliphatic heterocycles. The van der Waals surface area contributed by atoms with Gasteiger partial charge in [0.2, 0.25) is 0 Å². The third-order valence-electron chi connectivity index (χ3n) is 2.17. The van der Waals surface area contributed by atoms with Crippen LogP contribution in [0.1, 0.15) is 0 Å². The largest absolute Gasteiger partial charge is 0.383 e. The maximum atomic E-state index is 4.98. The van der Waals surface area contributed by atoms with Gasteiger partial charge in [-0.25, -0.2) is 0 Å². The summed E-state index contributed by atoms with van der Waals surface area (Å²) >= 11 is 0. The summed E-state index contributed by atoms with van der Waals surface area (Å²) in [6.45, 7) is 1.45. The third-order valence-corrected chi connectivity index (χ3v) is 2.17. The lowest BCUT2D eigenvalue weighted by molar-refractivity contribution is 0.211. The Kier molecular flexibility index (Phi) is 3.09.